The molecule has 32 heavy (non-hydrogen) atoms. The van der Waals surface area contributed by atoms with Crippen LogP contribution < -0.4 is 10.1 Å². The average Bonchev–Trinajstić information content (AvgIpc) is 2.77. The van der Waals surface area contributed by atoms with Crippen LogP contribution in [0.1, 0.15) is 38.7 Å². The lowest BCUT2D eigenvalue weighted by molar-refractivity contribution is -0.126. The van der Waals surface area contributed by atoms with Gasteiger partial charge in [0.25, 0.3) is 0 Å². The number of hydrogen-bond donors (Lipinski definition) is 1. The molecule has 1 aliphatic rings. The molecule has 1 saturated heterocycles. The van der Waals surface area contributed by atoms with E-state index in [0.29, 0.717) is 31.0 Å². The zero-order valence-corrected chi connectivity index (χ0v) is 20.2. The molecule has 174 valence electrons. The summed E-state index contributed by atoms with van der Waals surface area (Å²) < 4.78 is 32.9. The molecule has 1 aliphatic heterocycles. The third kappa shape index (κ3) is 6.70. The molecule has 0 aliphatic carbocycles. The maximum absolute atomic E-state index is 12.9. The van der Waals surface area contributed by atoms with Gasteiger partial charge in [0, 0.05) is 24.7 Å². The number of hydrogen-bond acceptors (Lipinski definition) is 4. The number of carbonyl (C=O) groups is 1. The van der Waals surface area contributed by atoms with Crippen LogP contribution in [0.25, 0.3) is 0 Å². The smallest absolute Gasteiger partial charge is 0.243 e. The van der Waals surface area contributed by atoms with Gasteiger partial charge in [0.2, 0.25) is 15.9 Å². The summed E-state index contributed by atoms with van der Waals surface area (Å²) in [5, 5.41) is 3.46. The molecule has 0 bridgehead atoms. The Morgan fingerprint density at radius 1 is 1.16 bits per heavy atom. The first-order chi connectivity index (χ1) is 15.3. The summed E-state index contributed by atoms with van der Waals surface area (Å²) in [5.41, 5.74) is 1.19. The first kappa shape index (κ1) is 24.6. The van der Waals surface area contributed by atoms with Crippen LogP contribution in [-0.2, 0) is 21.2 Å². The van der Waals surface area contributed by atoms with Gasteiger partial charge in [-0.15, -0.1) is 0 Å². The zero-order valence-electron chi connectivity index (χ0n) is 18.6. The minimum Gasteiger partial charge on any atom is -0.491 e. The highest BCUT2D eigenvalue weighted by molar-refractivity contribution is 7.89. The molecule has 2 aromatic rings. The highest BCUT2D eigenvalue weighted by atomic mass is 35.5. The maximum Gasteiger partial charge on any atom is 0.243 e. The van der Waals surface area contributed by atoms with E-state index in [1.807, 2.05) is 38.1 Å². The van der Waals surface area contributed by atoms with Crippen molar-refractivity contribution in [2.75, 3.05) is 19.6 Å². The van der Waals surface area contributed by atoms with E-state index in [1.165, 1.54) is 22.0 Å². The molecule has 0 radical (unpaired) electrons. The fourth-order valence-corrected chi connectivity index (χ4v) is 5.44. The fraction of sp³-hybridized carbons (Fsp3) is 0.458. The molecule has 3 rings (SSSR count). The van der Waals surface area contributed by atoms with Crippen molar-refractivity contribution >= 4 is 27.5 Å². The molecule has 1 amide bonds. The molecule has 1 N–H and O–H groups in total. The lowest BCUT2D eigenvalue weighted by Gasteiger charge is -2.31. The predicted molar refractivity (Wildman–Crippen MR) is 126 cm³/mol. The molecular weight excluding hydrogens is 448 g/mol. The Kier molecular flexibility index (Phi) is 8.57. The van der Waals surface area contributed by atoms with Crippen molar-refractivity contribution in [2.45, 2.75) is 50.5 Å². The molecule has 1 atom stereocenters. The van der Waals surface area contributed by atoms with Gasteiger partial charge in [0.05, 0.1) is 16.9 Å². The van der Waals surface area contributed by atoms with E-state index in [1.54, 1.807) is 12.1 Å². The third-order valence-electron chi connectivity index (χ3n) is 5.44. The molecule has 0 aromatic heterocycles. The van der Waals surface area contributed by atoms with Crippen LogP contribution in [0, 0.1) is 5.92 Å². The third-order valence-corrected chi connectivity index (χ3v) is 7.57. The van der Waals surface area contributed by atoms with Crippen molar-refractivity contribution < 1.29 is 17.9 Å². The van der Waals surface area contributed by atoms with E-state index in [4.69, 9.17) is 16.3 Å². The fourth-order valence-electron chi connectivity index (χ4n) is 3.79. The average molecular weight is 479 g/mol. The van der Waals surface area contributed by atoms with Gasteiger partial charge in [0.15, 0.2) is 0 Å². The number of halogens is 1. The number of sulfonamides is 1. The number of carbonyl (C=O) groups excluding carboxylic acids is 1. The summed E-state index contributed by atoms with van der Waals surface area (Å²) in [6.07, 6.45) is 3.17. The van der Waals surface area contributed by atoms with Gasteiger partial charge in [-0.2, -0.15) is 4.31 Å². The maximum atomic E-state index is 12.9. The van der Waals surface area contributed by atoms with Gasteiger partial charge < -0.3 is 10.1 Å². The Bertz CT molecular complexity index is 992. The van der Waals surface area contributed by atoms with E-state index < -0.39 is 10.0 Å². The standard InChI is InChI=1S/C24H31ClN2O4S/c1-18(2)31-22-11-7-19(8-12-22)5-3-15-26-24(28)20-6-4-16-27(17-20)32(29,30)23-13-9-21(25)10-14-23/h7-14,18,20H,3-6,15-17H2,1-2H3,(H,26,28)/t20-/m1/s1. The molecule has 0 saturated carbocycles. The Balaban J connectivity index is 1.46. The Morgan fingerprint density at radius 2 is 1.84 bits per heavy atom. The second-order valence-corrected chi connectivity index (χ2v) is 10.7. The molecule has 0 spiro atoms. The molecule has 1 fully saturated rings. The van der Waals surface area contributed by atoms with Gasteiger partial charge in [-0.05, 0) is 81.5 Å². The summed E-state index contributed by atoms with van der Waals surface area (Å²) in [7, 11) is -3.63. The zero-order chi connectivity index (χ0) is 23.1. The van der Waals surface area contributed by atoms with Crippen LogP contribution in [0.15, 0.2) is 53.4 Å². The number of rotatable bonds is 9. The largest absolute Gasteiger partial charge is 0.491 e. The van der Waals surface area contributed by atoms with Crippen LogP contribution in [0.3, 0.4) is 0 Å². The lowest BCUT2D eigenvalue weighted by Crippen LogP contribution is -2.45. The van der Waals surface area contributed by atoms with Crippen molar-refractivity contribution in [1.29, 1.82) is 0 Å². The highest BCUT2D eigenvalue weighted by Crippen LogP contribution is 2.25. The van der Waals surface area contributed by atoms with Crippen molar-refractivity contribution in [3.8, 4) is 5.75 Å². The van der Waals surface area contributed by atoms with Crippen molar-refractivity contribution in [3.63, 3.8) is 0 Å². The second kappa shape index (κ2) is 11.2. The highest BCUT2D eigenvalue weighted by Gasteiger charge is 2.33. The van der Waals surface area contributed by atoms with E-state index in [9.17, 15) is 13.2 Å². The Hall–Kier alpha value is -2.09. The number of amides is 1. The van der Waals surface area contributed by atoms with Crippen molar-refractivity contribution in [1.82, 2.24) is 9.62 Å². The summed E-state index contributed by atoms with van der Waals surface area (Å²) in [6.45, 7) is 5.17. The van der Waals surface area contributed by atoms with Gasteiger partial charge in [-0.1, -0.05) is 23.7 Å². The minimum atomic E-state index is -3.63. The van der Waals surface area contributed by atoms with Crippen LogP contribution in [-0.4, -0.2) is 44.4 Å². The Morgan fingerprint density at radius 3 is 2.50 bits per heavy atom. The van der Waals surface area contributed by atoms with E-state index in [2.05, 4.69) is 5.32 Å². The van der Waals surface area contributed by atoms with Gasteiger partial charge in [0.1, 0.15) is 5.75 Å². The molecule has 0 unspecified atom stereocenters. The number of benzene rings is 2. The number of aryl methyl sites for hydroxylation is 1. The number of piperidine rings is 1. The summed E-state index contributed by atoms with van der Waals surface area (Å²) >= 11 is 5.87. The second-order valence-electron chi connectivity index (χ2n) is 8.36. The first-order valence-electron chi connectivity index (χ1n) is 11.0. The van der Waals surface area contributed by atoms with E-state index in [-0.39, 0.29) is 29.4 Å². The minimum absolute atomic E-state index is 0.0818. The molecule has 6 nitrogen and oxygen atoms in total. The normalized spacial score (nSPS) is 17.3. The summed E-state index contributed by atoms with van der Waals surface area (Å²) in [6, 6.07) is 14.1. The quantitative estimate of drug-likeness (QED) is 0.546. The van der Waals surface area contributed by atoms with Gasteiger partial charge in [-0.25, -0.2) is 8.42 Å². The number of nitrogens with zero attached hydrogens (tertiary/aromatic N) is 1. The van der Waals surface area contributed by atoms with Crippen LogP contribution in [0.4, 0.5) is 0 Å². The lowest BCUT2D eigenvalue weighted by atomic mass is 9.99. The van der Waals surface area contributed by atoms with E-state index >= 15 is 0 Å². The van der Waals surface area contributed by atoms with Crippen LogP contribution in [0.2, 0.25) is 5.02 Å². The number of nitrogens with one attached hydrogen (secondary N) is 1. The summed E-state index contributed by atoms with van der Waals surface area (Å²) in [4.78, 5) is 12.8. The summed E-state index contributed by atoms with van der Waals surface area (Å²) in [5.74, 6) is 0.437. The SMILES string of the molecule is CC(C)Oc1ccc(CCCNC(=O)[C@@H]2CCCN(S(=O)(=O)c3ccc(Cl)cc3)C2)cc1. The number of ether oxygens (including phenoxy) is 1. The molecule has 8 heteroatoms. The Labute approximate surface area is 196 Å². The monoisotopic (exact) mass is 478 g/mol. The van der Waals surface area contributed by atoms with Crippen LogP contribution >= 0.6 is 11.6 Å². The topological polar surface area (TPSA) is 75.7 Å². The molecule has 1 heterocycles. The van der Waals surface area contributed by atoms with Crippen molar-refractivity contribution in [2.24, 2.45) is 5.92 Å². The molecular formula is C24H31ClN2O4S. The van der Waals surface area contributed by atoms with Gasteiger partial charge >= 0.3 is 0 Å². The van der Waals surface area contributed by atoms with E-state index in [0.717, 1.165) is 18.6 Å². The predicted octanol–water partition coefficient (Wildman–Crippen LogP) is 4.28. The first-order valence-corrected chi connectivity index (χ1v) is 12.9. The van der Waals surface area contributed by atoms with Crippen LogP contribution in [0.5, 0.6) is 5.75 Å². The van der Waals surface area contributed by atoms with Gasteiger partial charge in [-0.3, -0.25) is 4.79 Å². The van der Waals surface area contributed by atoms with Crippen molar-refractivity contribution in [3.05, 3.63) is 59.1 Å². The molecule has 2 aromatic carbocycles.